The lowest BCUT2D eigenvalue weighted by Crippen LogP contribution is -2.04. The number of hydrogen-bond donors (Lipinski definition) is 0. The van der Waals surface area contributed by atoms with Gasteiger partial charge in [-0.25, -0.2) is 13.8 Å². The van der Waals surface area contributed by atoms with Crippen LogP contribution in [0, 0.1) is 5.95 Å². The van der Waals surface area contributed by atoms with Crippen molar-refractivity contribution in [3.05, 3.63) is 28.3 Å². The van der Waals surface area contributed by atoms with Gasteiger partial charge < -0.3 is 0 Å². The Morgan fingerprint density at radius 1 is 1.50 bits per heavy atom. The maximum Gasteiger partial charge on any atom is 0.271 e. The van der Waals surface area contributed by atoms with Crippen LogP contribution in [0.3, 0.4) is 0 Å². The van der Waals surface area contributed by atoms with Crippen LogP contribution in [0.1, 0.15) is 22.5 Å². The van der Waals surface area contributed by atoms with Crippen LogP contribution in [0.5, 0.6) is 0 Å². The number of carbonyl (C=O) groups excluding carboxylic acids is 1. The van der Waals surface area contributed by atoms with Crippen molar-refractivity contribution in [2.45, 2.75) is 6.43 Å². The standard InChI is InChI=1S/C7H2Cl2F3NO/c8-2-1-3(10)13-5(6(9)14)4(2)7(11)12/h1,7H. The Hall–Kier alpha value is -0.810. The molecule has 0 spiro atoms. The Morgan fingerprint density at radius 2 is 2.07 bits per heavy atom. The number of hydrogen-bond acceptors (Lipinski definition) is 2. The molecule has 14 heavy (non-hydrogen) atoms. The molecular weight excluding hydrogens is 242 g/mol. The molecule has 0 unspecified atom stereocenters. The molecule has 0 aliphatic rings. The van der Waals surface area contributed by atoms with Crippen LogP contribution in [0.4, 0.5) is 13.2 Å². The predicted octanol–water partition coefficient (Wildman–Crippen LogP) is 3.19. The first kappa shape index (κ1) is 11.3. The molecule has 0 saturated heterocycles. The van der Waals surface area contributed by atoms with Crippen LogP contribution < -0.4 is 0 Å². The number of nitrogens with zero attached hydrogens (tertiary/aromatic N) is 1. The molecule has 0 aromatic carbocycles. The maximum atomic E-state index is 12.6. The molecule has 0 amide bonds. The lowest BCUT2D eigenvalue weighted by molar-refractivity contribution is 0.105. The molecule has 0 aliphatic carbocycles. The molecule has 0 saturated carbocycles. The van der Waals surface area contributed by atoms with Crippen LogP contribution in [-0.4, -0.2) is 10.2 Å². The average molecular weight is 244 g/mol. The minimum Gasteiger partial charge on any atom is -0.274 e. The highest BCUT2D eigenvalue weighted by atomic mass is 35.5. The highest BCUT2D eigenvalue weighted by molar-refractivity contribution is 6.67. The van der Waals surface area contributed by atoms with Gasteiger partial charge in [-0.15, -0.1) is 0 Å². The van der Waals surface area contributed by atoms with Gasteiger partial charge in [0.1, 0.15) is 5.69 Å². The largest absolute Gasteiger partial charge is 0.274 e. The van der Waals surface area contributed by atoms with Gasteiger partial charge >= 0.3 is 0 Å². The molecule has 1 aromatic heterocycles. The van der Waals surface area contributed by atoms with Crippen molar-refractivity contribution in [2.75, 3.05) is 0 Å². The molecule has 0 radical (unpaired) electrons. The van der Waals surface area contributed by atoms with Crippen molar-refractivity contribution in [1.29, 1.82) is 0 Å². The molecule has 0 aliphatic heterocycles. The first-order chi connectivity index (χ1) is 6.43. The van der Waals surface area contributed by atoms with Gasteiger partial charge in [-0.2, -0.15) is 4.39 Å². The fraction of sp³-hybridized carbons (Fsp3) is 0.143. The zero-order chi connectivity index (χ0) is 10.9. The van der Waals surface area contributed by atoms with Crippen LogP contribution in [-0.2, 0) is 0 Å². The van der Waals surface area contributed by atoms with Crippen molar-refractivity contribution in [2.24, 2.45) is 0 Å². The lowest BCUT2D eigenvalue weighted by Gasteiger charge is -2.06. The van der Waals surface area contributed by atoms with Gasteiger partial charge in [0.05, 0.1) is 10.6 Å². The lowest BCUT2D eigenvalue weighted by atomic mass is 10.2. The normalized spacial score (nSPS) is 10.7. The summed E-state index contributed by atoms with van der Waals surface area (Å²) in [6, 6.07) is 0.590. The van der Waals surface area contributed by atoms with E-state index in [0.29, 0.717) is 6.07 Å². The summed E-state index contributed by atoms with van der Waals surface area (Å²) >= 11 is 10.2. The molecule has 0 N–H and O–H groups in total. The molecule has 2 nitrogen and oxygen atoms in total. The third kappa shape index (κ3) is 2.16. The fourth-order valence-corrected chi connectivity index (χ4v) is 1.26. The topological polar surface area (TPSA) is 30.0 Å². The van der Waals surface area contributed by atoms with E-state index in [0.717, 1.165) is 0 Å². The Bertz CT molecular complexity index is 383. The predicted molar refractivity (Wildman–Crippen MR) is 44.3 cm³/mol. The van der Waals surface area contributed by atoms with Crippen molar-refractivity contribution in [1.82, 2.24) is 4.98 Å². The van der Waals surface area contributed by atoms with Crippen LogP contribution >= 0.6 is 23.2 Å². The summed E-state index contributed by atoms with van der Waals surface area (Å²) in [6.45, 7) is 0. The van der Waals surface area contributed by atoms with Gasteiger partial charge in [0.25, 0.3) is 11.7 Å². The summed E-state index contributed by atoms with van der Waals surface area (Å²) in [5.74, 6) is -1.14. The van der Waals surface area contributed by atoms with Gasteiger partial charge in [0.15, 0.2) is 0 Å². The third-order valence-corrected chi connectivity index (χ3v) is 1.87. The minimum absolute atomic E-state index is 0.573. The zero-order valence-electron chi connectivity index (χ0n) is 6.40. The smallest absolute Gasteiger partial charge is 0.271 e. The van der Waals surface area contributed by atoms with E-state index in [1.54, 1.807) is 0 Å². The fourth-order valence-electron chi connectivity index (χ4n) is 0.852. The van der Waals surface area contributed by atoms with E-state index in [4.69, 9.17) is 23.2 Å². The first-order valence-corrected chi connectivity index (χ1v) is 4.03. The van der Waals surface area contributed by atoms with E-state index in [9.17, 15) is 18.0 Å². The number of carbonyl (C=O) groups is 1. The number of aromatic nitrogens is 1. The van der Waals surface area contributed by atoms with Crippen LogP contribution in [0.15, 0.2) is 6.07 Å². The number of rotatable bonds is 2. The summed E-state index contributed by atoms with van der Waals surface area (Å²) in [7, 11) is 0. The van der Waals surface area contributed by atoms with Gasteiger partial charge in [0, 0.05) is 6.07 Å². The molecular formula is C7H2Cl2F3NO. The van der Waals surface area contributed by atoms with E-state index in [1.807, 2.05) is 0 Å². The summed E-state index contributed by atoms with van der Waals surface area (Å²) in [5.41, 5.74) is -1.71. The van der Waals surface area contributed by atoms with Gasteiger partial charge in [-0.1, -0.05) is 11.6 Å². The molecule has 76 valence electrons. The molecule has 1 aromatic rings. The Labute approximate surface area is 86.6 Å². The van der Waals surface area contributed by atoms with E-state index >= 15 is 0 Å². The molecule has 1 heterocycles. The van der Waals surface area contributed by atoms with Crippen molar-refractivity contribution in [3.63, 3.8) is 0 Å². The zero-order valence-corrected chi connectivity index (χ0v) is 7.91. The molecule has 0 fully saturated rings. The molecule has 7 heteroatoms. The van der Waals surface area contributed by atoms with E-state index in [1.165, 1.54) is 0 Å². The van der Waals surface area contributed by atoms with E-state index in [2.05, 4.69) is 4.98 Å². The SMILES string of the molecule is O=C(Cl)c1nc(F)cc(Cl)c1C(F)F. The highest BCUT2D eigenvalue weighted by Crippen LogP contribution is 2.30. The second kappa shape index (κ2) is 4.14. The van der Waals surface area contributed by atoms with Gasteiger partial charge in [-0.05, 0) is 11.6 Å². The maximum absolute atomic E-state index is 12.6. The van der Waals surface area contributed by atoms with Crippen molar-refractivity contribution in [3.8, 4) is 0 Å². The Balaban J connectivity index is 3.44. The van der Waals surface area contributed by atoms with E-state index in [-0.39, 0.29) is 0 Å². The van der Waals surface area contributed by atoms with Crippen molar-refractivity contribution >= 4 is 28.4 Å². The highest BCUT2D eigenvalue weighted by Gasteiger charge is 2.23. The second-order valence-corrected chi connectivity index (χ2v) is 3.01. The Morgan fingerprint density at radius 3 is 2.50 bits per heavy atom. The minimum atomic E-state index is -3.03. The monoisotopic (exact) mass is 243 g/mol. The van der Waals surface area contributed by atoms with Crippen LogP contribution in [0.2, 0.25) is 5.02 Å². The number of alkyl halides is 2. The summed E-state index contributed by atoms with van der Waals surface area (Å²) in [5, 5.41) is -1.85. The Kier molecular flexibility index (Phi) is 3.34. The second-order valence-electron chi connectivity index (χ2n) is 2.26. The molecule has 0 atom stereocenters. The summed E-state index contributed by atoms with van der Waals surface area (Å²) < 4.78 is 37.2. The third-order valence-electron chi connectivity index (χ3n) is 1.38. The number of halogens is 5. The summed E-state index contributed by atoms with van der Waals surface area (Å²) in [6.07, 6.45) is -3.03. The van der Waals surface area contributed by atoms with E-state index < -0.39 is 33.9 Å². The average Bonchev–Trinajstić information content (AvgIpc) is 2.01. The molecule has 0 bridgehead atoms. The molecule has 1 rings (SSSR count). The summed E-state index contributed by atoms with van der Waals surface area (Å²) in [4.78, 5) is 13.6. The quantitative estimate of drug-likeness (QED) is 0.590. The first-order valence-electron chi connectivity index (χ1n) is 3.27. The van der Waals surface area contributed by atoms with Gasteiger partial charge in [0.2, 0.25) is 5.95 Å². The number of pyridine rings is 1. The van der Waals surface area contributed by atoms with Gasteiger partial charge in [-0.3, -0.25) is 4.79 Å². The van der Waals surface area contributed by atoms with Crippen molar-refractivity contribution < 1.29 is 18.0 Å². The van der Waals surface area contributed by atoms with Crippen LogP contribution in [0.25, 0.3) is 0 Å².